The third-order valence-corrected chi connectivity index (χ3v) is 8.03. The van der Waals surface area contributed by atoms with Crippen LogP contribution in [-0.2, 0) is 11.5 Å². The zero-order valence-electron chi connectivity index (χ0n) is 17.8. The summed E-state index contributed by atoms with van der Waals surface area (Å²) >= 11 is 10.1. The fourth-order valence-corrected chi connectivity index (χ4v) is 5.24. The van der Waals surface area contributed by atoms with E-state index in [0.29, 0.717) is 17.9 Å². The van der Waals surface area contributed by atoms with Gasteiger partial charge >= 0.3 is 0 Å². The van der Waals surface area contributed by atoms with E-state index in [9.17, 15) is 0 Å². The van der Waals surface area contributed by atoms with Crippen molar-refractivity contribution in [1.82, 2.24) is 24.6 Å². The molecule has 0 amide bonds. The number of halogens is 2. The second-order valence-electron chi connectivity index (χ2n) is 9.18. The molecule has 0 radical (unpaired) electrons. The van der Waals surface area contributed by atoms with Gasteiger partial charge in [0.1, 0.15) is 11.3 Å². The summed E-state index contributed by atoms with van der Waals surface area (Å²) in [5, 5.41) is 9.57. The minimum atomic E-state index is -1.10. The van der Waals surface area contributed by atoms with E-state index in [-0.39, 0.29) is 0 Å². The van der Waals surface area contributed by atoms with Crippen molar-refractivity contribution in [3.63, 3.8) is 0 Å². The Balaban J connectivity index is 1.62. The van der Waals surface area contributed by atoms with E-state index >= 15 is 0 Å². The number of fused-ring (bicyclic) bond motifs is 1. The zero-order valence-corrected chi connectivity index (χ0v) is 21.1. The maximum absolute atomic E-state index is 6.57. The molecule has 0 unspecified atom stereocenters. The Morgan fingerprint density at radius 2 is 2.00 bits per heavy atom. The maximum atomic E-state index is 6.57. The molecule has 0 saturated carbocycles. The van der Waals surface area contributed by atoms with Crippen LogP contribution in [0, 0.1) is 0 Å². The molecular weight excluding hydrogens is 482 g/mol. The van der Waals surface area contributed by atoms with E-state index in [4.69, 9.17) is 16.3 Å². The Kier molecular flexibility index (Phi) is 6.69. The zero-order chi connectivity index (χ0) is 21.3. The van der Waals surface area contributed by atoms with Crippen molar-refractivity contribution in [1.29, 1.82) is 0 Å². The summed E-state index contributed by atoms with van der Waals surface area (Å²) < 4.78 is 10.8. The molecule has 162 valence electrons. The predicted molar refractivity (Wildman–Crippen MR) is 129 cm³/mol. The van der Waals surface area contributed by atoms with Crippen LogP contribution in [0.1, 0.15) is 18.9 Å². The highest BCUT2D eigenvalue weighted by Crippen LogP contribution is 2.38. The van der Waals surface area contributed by atoms with Crippen LogP contribution in [0.2, 0.25) is 30.8 Å². The lowest BCUT2D eigenvalue weighted by atomic mass is 10.1. The quantitative estimate of drug-likeness (QED) is 0.257. The van der Waals surface area contributed by atoms with Crippen LogP contribution in [0.15, 0.2) is 29.3 Å². The van der Waals surface area contributed by atoms with Gasteiger partial charge in [0, 0.05) is 49.6 Å². The molecule has 1 aliphatic heterocycles. The second-order valence-corrected chi connectivity index (χ2v) is 16.0. The predicted octanol–water partition coefficient (Wildman–Crippen LogP) is 5.55. The first-order valence-electron chi connectivity index (χ1n) is 10.5. The lowest BCUT2D eigenvalue weighted by molar-refractivity contribution is 0.0786. The summed E-state index contributed by atoms with van der Waals surface area (Å²) in [5.74, 6) is 0. The highest BCUT2D eigenvalue weighted by Gasteiger charge is 2.22. The van der Waals surface area contributed by atoms with Crippen molar-refractivity contribution in [2.24, 2.45) is 0 Å². The fraction of sp³-hybridized carbons (Fsp3) is 0.524. The van der Waals surface area contributed by atoms with Crippen molar-refractivity contribution < 1.29 is 4.74 Å². The first-order chi connectivity index (χ1) is 14.3. The molecular formula is C21H29BrClN5OSi. The van der Waals surface area contributed by atoms with Gasteiger partial charge in [0.15, 0.2) is 5.15 Å². The van der Waals surface area contributed by atoms with Gasteiger partial charge in [-0.15, -0.1) is 0 Å². The summed E-state index contributed by atoms with van der Waals surface area (Å²) in [7, 11) is -1.10. The van der Waals surface area contributed by atoms with Gasteiger partial charge in [-0.25, -0.2) is 9.67 Å². The van der Waals surface area contributed by atoms with Crippen LogP contribution in [-0.4, -0.2) is 47.1 Å². The van der Waals surface area contributed by atoms with Crippen LogP contribution in [0.5, 0.6) is 0 Å². The minimum absolute atomic E-state index is 0.419. The van der Waals surface area contributed by atoms with Gasteiger partial charge in [-0.2, -0.15) is 5.10 Å². The lowest BCUT2D eigenvalue weighted by Gasteiger charge is -2.25. The molecule has 0 aliphatic carbocycles. The maximum Gasteiger partial charge on any atom is 0.159 e. The van der Waals surface area contributed by atoms with Gasteiger partial charge in [-0.1, -0.05) is 31.2 Å². The molecule has 4 rings (SSSR count). The number of nitrogens with one attached hydrogen (secondary N) is 1. The highest BCUT2D eigenvalue weighted by molar-refractivity contribution is 9.10. The normalized spacial score (nSPS) is 15.9. The Morgan fingerprint density at radius 3 is 2.73 bits per heavy atom. The largest absolute Gasteiger partial charge is 0.360 e. The van der Waals surface area contributed by atoms with Gasteiger partial charge in [0.25, 0.3) is 0 Å². The first kappa shape index (κ1) is 22.0. The van der Waals surface area contributed by atoms with E-state index < -0.39 is 8.07 Å². The monoisotopic (exact) mass is 509 g/mol. The molecule has 3 aromatic heterocycles. The van der Waals surface area contributed by atoms with Crippen molar-refractivity contribution in [3.8, 4) is 11.1 Å². The Morgan fingerprint density at radius 1 is 1.23 bits per heavy atom. The average Bonchev–Trinajstić information content (AvgIpc) is 3.25. The van der Waals surface area contributed by atoms with Crippen LogP contribution in [0.25, 0.3) is 22.0 Å². The third-order valence-electron chi connectivity index (χ3n) is 5.61. The summed E-state index contributed by atoms with van der Waals surface area (Å²) in [6.07, 6.45) is 8.37. The first-order valence-corrected chi connectivity index (χ1v) is 15.4. The molecule has 1 saturated heterocycles. The summed E-state index contributed by atoms with van der Waals surface area (Å²) in [6, 6.07) is 3.67. The Labute approximate surface area is 192 Å². The number of piperidine rings is 1. The smallest absolute Gasteiger partial charge is 0.159 e. The molecule has 1 aliphatic rings. The number of pyridine rings is 1. The lowest BCUT2D eigenvalue weighted by Crippen LogP contribution is -2.29. The summed E-state index contributed by atoms with van der Waals surface area (Å²) in [4.78, 5) is 4.48. The fourth-order valence-electron chi connectivity index (χ4n) is 3.90. The van der Waals surface area contributed by atoms with Crippen LogP contribution in [0.3, 0.4) is 0 Å². The van der Waals surface area contributed by atoms with Gasteiger partial charge < -0.3 is 14.6 Å². The molecule has 0 aromatic carbocycles. The minimum Gasteiger partial charge on any atom is -0.360 e. The average molecular weight is 511 g/mol. The molecule has 9 heteroatoms. The van der Waals surface area contributed by atoms with Crippen molar-refractivity contribution in [3.05, 3.63) is 34.4 Å². The molecule has 4 heterocycles. The van der Waals surface area contributed by atoms with Crippen molar-refractivity contribution >= 4 is 46.5 Å². The van der Waals surface area contributed by atoms with Crippen LogP contribution < -0.4 is 5.32 Å². The molecule has 0 atom stereocenters. The molecule has 1 N–H and O–H groups in total. The standard InChI is InChI=1S/C21H29BrClN5OSi/c1-30(2,3)9-8-29-14-27-12-18(21(23)26-27)17-13-28(15-4-6-24-7-5-15)19-11-25-20(22)10-16(17)19/h10-13,15,24H,4-9,14H2,1-3H3. The number of nitrogens with zero attached hydrogens (tertiary/aromatic N) is 4. The molecule has 3 aromatic rings. The van der Waals surface area contributed by atoms with E-state index in [1.54, 1.807) is 4.68 Å². The van der Waals surface area contributed by atoms with E-state index in [1.165, 1.54) is 0 Å². The number of aromatic nitrogens is 4. The van der Waals surface area contributed by atoms with Gasteiger partial charge in [-0.05, 0) is 54.0 Å². The number of rotatable bonds is 7. The second kappa shape index (κ2) is 9.12. The van der Waals surface area contributed by atoms with E-state index in [1.807, 2.05) is 12.4 Å². The topological polar surface area (TPSA) is 56.9 Å². The highest BCUT2D eigenvalue weighted by atomic mass is 79.9. The molecule has 0 spiro atoms. The number of hydrogen-bond donors (Lipinski definition) is 1. The van der Waals surface area contributed by atoms with Crippen LogP contribution >= 0.6 is 27.5 Å². The summed E-state index contributed by atoms with van der Waals surface area (Å²) in [5.41, 5.74) is 3.15. The van der Waals surface area contributed by atoms with Crippen molar-refractivity contribution in [2.75, 3.05) is 19.7 Å². The van der Waals surface area contributed by atoms with Gasteiger partial charge in [0.05, 0.1) is 11.7 Å². The SMILES string of the molecule is C[Si](C)(C)CCOCn1cc(-c2cn(C3CCNCC3)c3cnc(Br)cc23)c(Cl)n1. The molecule has 0 bridgehead atoms. The number of ether oxygens (including phenoxy) is 1. The molecule has 6 nitrogen and oxygen atoms in total. The Hall–Kier alpha value is -1.19. The van der Waals surface area contributed by atoms with Crippen molar-refractivity contribution in [2.45, 2.75) is 51.3 Å². The third kappa shape index (κ3) is 4.99. The van der Waals surface area contributed by atoms with Crippen LogP contribution in [0.4, 0.5) is 0 Å². The van der Waals surface area contributed by atoms with Gasteiger partial charge in [-0.3, -0.25) is 0 Å². The van der Waals surface area contributed by atoms with Gasteiger partial charge in [0.2, 0.25) is 0 Å². The van der Waals surface area contributed by atoms with E-state index in [0.717, 1.165) is 65.2 Å². The van der Waals surface area contributed by atoms with E-state index in [2.05, 4.69) is 67.8 Å². The molecule has 1 fully saturated rings. The molecule has 30 heavy (non-hydrogen) atoms. The summed E-state index contributed by atoms with van der Waals surface area (Å²) in [6.45, 7) is 10.3. The number of hydrogen-bond acceptors (Lipinski definition) is 4. The Bertz CT molecular complexity index is 1020.